The second-order valence-corrected chi connectivity index (χ2v) is 7.97. The van der Waals surface area contributed by atoms with E-state index in [0.29, 0.717) is 11.4 Å². The van der Waals surface area contributed by atoms with Gasteiger partial charge in [-0.15, -0.1) is 0 Å². The molecule has 0 spiro atoms. The van der Waals surface area contributed by atoms with Crippen LogP contribution in [0.5, 0.6) is 5.75 Å². The highest BCUT2D eigenvalue weighted by Crippen LogP contribution is 2.18. The Morgan fingerprint density at radius 1 is 1.00 bits per heavy atom. The van der Waals surface area contributed by atoms with Gasteiger partial charge in [0.2, 0.25) is 15.9 Å². The molecule has 9 heteroatoms. The molecule has 0 bridgehead atoms. The minimum atomic E-state index is -3.71. The molecule has 3 N–H and O–H groups in total. The van der Waals surface area contributed by atoms with E-state index in [1.54, 1.807) is 6.07 Å². The lowest BCUT2D eigenvalue weighted by molar-refractivity contribution is -0.123. The van der Waals surface area contributed by atoms with Crippen molar-refractivity contribution in [2.24, 2.45) is 0 Å². The largest absolute Gasteiger partial charge is 0.483 e. The number of nitrogens with one attached hydrogen (secondary N) is 3. The van der Waals surface area contributed by atoms with Crippen LogP contribution in [0.4, 0.5) is 5.69 Å². The topological polar surface area (TPSA) is 114 Å². The number of amides is 2. The van der Waals surface area contributed by atoms with E-state index in [1.165, 1.54) is 31.2 Å². The molecule has 29 heavy (non-hydrogen) atoms. The number of ether oxygens (including phenoxy) is 1. The van der Waals surface area contributed by atoms with Crippen molar-refractivity contribution in [3.63, 3.8) is 0 Å². The van der Waals surface area contributed by atoms with Gasteiger partial charge < -0.3 is 15.4 Å². The van der Waals surface area contributed by atoms with E-state index in [1.807, 2.05) is 25.1 Å². The standard InChI is InChI=1S/C20H25N3O5S/c1-3-16-6-4-5-7-19(16)28-14-20(25)21-12-13-22-29(26,27)18-10-8-17(9-11-18)23-15(2)24/h4-11,22H,3,12-14H2,1-2H3,(H,21,25)(H,23,24). The molecule has 2 rings (SSSR count). The van der Waals surface area contributed by atoms with E-state index in [9.17, 15) is 18.0 Å². The Hall–Kier alpha value is -2.91. The smallest absolute Gasteiger partial charge is 0.257 e. The molecule has 0 aliphatic heterocycles. The molecule has 0 fully saturated rings. The summed E-state index contributed by atoms with van der Waals surface area (Å²) < 4.78 is 32.4. The summed E-state index contributed by atoms with van der Waals surface area (Å²) in [5, 5.41) is 5.17. The third-order valence-electron chi connectivity index (χ3n) is 3.94. The molecule has 2 amide bonds. The first kappa shape index (κ1) is 22.4. The Morgan fingerprint density at radius 2 is 1.69 bits per heavy atom. The fourth-order valence-electron chi connectivity index (χ4n) is 2.52. The zero-order valence-corrected chi connectivity index (χ0v) is 17.2. The lowest BCUT2D eigenvalue weighted by Crippen LogP contribution is -2.36. The molecular formula is C20H25N3O5S. The highest BCUT2D eigenvalue weighted by Gasteiger charge is 2.13. The zero-order chi connectivity index (χ0) is 21.3. The third kappa shape index (κ3) is 7.20. The molecule has 8 nitrogen and oxygen atoms in total. The van der Waals surface area contributed by atoms with Crippen LogP contribution >= 0.6 is 0 Å². The van der Waals surface area contributed by atoms with Crippen LogP contribution in [0.3, 0.4) is 0 Å². The summed E-state index contributed by atoms with van der Waals surface area (Å²) in [6.07, 6.45) is 0.797. The lowest BCUT2D eigenvalue weighted by Gasteiger charge is -2.11. The van der Waals surface area contributed by atoms with Crippen LogP contribution in [-0.4, -0.2) is 39.9 Å². The average Bonchev–Trinajstić information content (AvgIpc) is 2.70. The Morgan fingerprint density at radius 3 is 2.34 bits per heavy atom. The van der Waals surface area contributed by atoms with Gasteiger partial charge >= 0.3 is 0 Å². The van der Waals surface area contributed by atoms with Crippen molar-refractivity contribution >= 4 is 27.5 Å². The van der Waals surface area contributed by atoms with Crippen LogP contribution in [0.1, 0.15) is 19.4 Å². The number of benzene rings is 2. The minimum absolute atomic E-state index is 0.0348. The van der Waals surface area contributed by atoms with Gasteiger partial charge in [0.15, 0.2) is 6.61 Å². The van der Waals surface area contributed by atoms with Gasteiger partial charge in [-0.1, -0.05) is 25.1 Å². The summed E-state index contributed by atoms with van der Waals surface area (Å²) in [6, 6.07) is 13.3. The number of sulfonamides is 1. The average molecular weight is 420 g/mol. The van der Waals surface area contributed by atoms with Crippen LogP contribution in [0.15, 0.2) is 53.4 Å². The highest BCUT2D eigenvalue weighted by molar-refractivity contribution is 7.89. The van der Waals surface area contributed by atoms with Crippen molar-refractivity contribution in [2.75, 3.05) is 25.0 Å². The van der Waals surface area contributed by atoms with Crippen molar-refractivity contribution < 1.29 is 22.7 Å². The van der Waals surface area contributed by atoms with Crippen molar-refractivity contribution in [3.05, 3.63) is 54.1 Å². The summed E-state index contributed by atoms with van der Waals surface area (Å²) in [6.45, 7) is 3.39. The first-order chi connectivity index (χ1) is 13.8. The number of carbonyl (C=O) groups is 2. The maximum absolute atomic E-state index is 12.3. The summed E-state index contributed by atoms with van der Waals surface area (Å²) in [7, 11) is -3.71. The van der Waals surface area contributed by atoms with Crippen LogP contribution in [0.25, 0.3) is 0 Å². The van der Waals surface area contributed by atoms with E-state index in [-0.39, 0.29) is 36.4 Å². The molecule has 2 aromatic carbocycles. The summed E-state index contributed by atoms with van der Waals surface area (Å²) >= 11 is 0. The monoisotopic (exact) mass is 419 g/mol. The van der Waals surface area contributed by atoms with Crippen molar-refractivity contribution in [1.29, 1.82) is 0 Å². The van der Waals surface area contributed by atoms with Gasteiger partial charge in [0.25, 0.3) is 5.91 Å². The lowest BCUT2D eigenvalue weighted by atomic mass is 10.1. The number of rotatable bonds is 10. The highest BCUT2D eigenvalue weighted by atomic mass is 32.2. The molecule has 0 saturated heterocycles. The fourth-order valence-corrected chi connectivity index (χ4v) is 3.55. The second-order valence-electron chi connectivity index (χ2n) is 6.20. The van der Waals surface area contributed by atoms with E-state index in [2.05, 4.69) is 15.4 Å². The molecule has 0 heterocycles. The number of hydrogen-bond acceptors (Lipinski definition) is 5. The molecular weight excluding hydrogens is 394 g/mol. The third-order valence-corrected chi connectivity index (χ3v) is 5.41. The van der Waals surface area contributed by atoms with Gasteiger partial charge in [0.05, 0.1) is 4.90 Å². The van der Waals surface area contributed by atoms with Gasteiger partial charge in [-0.25, -0.2) is 13.1 Å². The fraction of sp³-hybridized carbons (Fsp3) is 0.300. The summed E-state index contributed by atoms with van der Waals surface area (Å²) in [4.78, 5) is 23.0. The molecule has 0 aliphatic carbocycles. The molecule has 0 aromatic heterocycles. The summed E-state index contributed by atoms with van der Waals surface area (Å²) in [5.74, 6) is 0.0833. The van der Waals surface area contributed by atoms with E-state index in [0.717, 1.165) is 12.0 Å². The molecule has 0 atom stereocenters. The Labute approximate surface area is 170 Å². The quantitative estimate of drug-likeness (QED) is 0.507. The Balaban J connectivity index is 1.75. The number of para-hydroxylation sites is 1. The predicted molar refractivity (Wildman–Crippen MR) is 110 cm³/mol. The van der Waals surface area contributed by atoms with Crippen LogP contribution in [0.2, 0.25) is 0 Å². The van der Waals surface area contributed by atoms with Crippen molar-refractivity contribution in [2.45, 2.75) is 25.2 Å². The number of aryl methyl sites for hydroxylation is 1. The number of hydrogen-bond donors (Lipinski definition) is 3. The van der Waals surface area contributed by atoms with Crippen LogP contribution in [-0.2, 0) is 26.0 Å². The molecule has 0 saturated carbocycles. The Bertz CT molecular complexity index is 943. The van der Waals surface area contributed by atoms with Crippen LogP contribution < -0.4 is 20.1 Å². The zero-order valence-electron chi connectivity index (χ0n) is 16.4. The molecule has 2 aromatic rings. The molecule has 0 aliphatic rings. The van der Waals surface area contributed by atoms with E-state index < -0.39 is 10.0 Å². The van der Waals surface area contributed by atoms with Crippen LogP contribution in [0, 0.1) is 0 Å². The first-order valence-corrected chi connectivity index (χ1v) is 10.6. The van der Waals surface area contributed by atoms with Crippen molar-refractivity contribution in [1.82, 2.24) is 10.0 Å². The van der Waals surface area contributed by atoms with Gasteiger partial charge in [-0.05, 0) is 42.3 Å². The van der Waals surface area contributed by atoms with Gasteiger partial charge in [-0.3, -0.25) is 9.59 Å². The maximum Gasteiger partial charge on any atom is 0.257 e. The molecule has 156 valence electrons. The van der Waals surface area contributed by atoms with E-state index in [4.69, 9.17) is 4.74 Å². The Kier molecular flexibility index (Phi) is 8.17. The van der Waals surface area contributed by atoms with E-state index >= 15 is 0 Å². The maximum atomic E-state index is 12.3. The molecule has 0 radical (unpaired) electrons. The number of anilines is 1. The first-order valence-electron chi connectivity index (χ1n) is 9.16. The molecule has 0 unspecified atom stereocenters. The van der Waals surface area contributed by atoms with Crippen molar-refractivity contribution in [3.8, 4) is 5.75 Å². The normalized spacial score (nSPS) is 11.0. The van der Waals surface area contributed by atoms with Gasteiger partial charge in [0.1, 0.15) is 5.75 Å². The second kappa shape index (κ2) is 10.6. The minimum Gasteiger partial charge on any atom is -0.483 e. The van der Waals surface area contributed by atoms with Gasteiger partial charge in [0, 0.05) is 25.7 Å². The SMILES string of the molecule is CCc1ccccc1OCC(=O)NCCNS(=O)(=O)c1ccc(NC(C)=O)cc1. The van der Waals surface area contributed by atoms with Gasteiger partial charge in [-0.2, -0.15) is 0 Å². The summed E-state index contributed by atoms with van der Waals surface area (Å²) in [5.41, 5.74) is 1.52. The predicted octanol–water partition coefficient (Wildman–Crippen LogP) is 1.68. The number of carbonyl (C=O) groups excluding carboxylic acids is 2.